The zero-order valence-electron chi connectivity index (χ0n) is 13.1. The molecule has 0 unspecified atom stereocenters. The number of rotatable bonds is 3. The van der Waals surface area contributed by atoms with Crippen LogP contribution in [-0.2, 0) is 0 Å². The van der Waals surface area contributed by atoms with Crippen molar-refractivity contribution in [2.45, 2.75) is 75.5 Å². The van der Waals surface area contributed by atoms with E-state index >= 15 is 0 Å². The summed E-state index contributed by atoms with van der Waals surface area (Å²) >= 11 is 0. The first-order valence-electron chi connectivity index (χ1n) is 8.87. The molecule has 3 rings (SSSR count). The molecule has 2 saturated carbocycles. The quantitative estimate of drug-likeness (QED) is 0.658. The molecular weight excluding hydrogens is 259 g/mol. The van der Waals surface area contributed by atoms with E-state index in [4.69, 9.17) is 0 Å². The van der Waals surface area contributed by atoms with E-state index in [2.05, 4.69) is 37.0 Å². The fourth-order valence-corrected chi connectivity index (χ4v) is 10.7. The number of benzene rings is 1. The molecule has 0 N–H and O–H groups in total. The summed E-state index contributed by atoms with van der Waals surface area (Å²) in [4.78, 5) is 0. The van der Waals surface area contributed by atoms with E-state index in [0.717, 1.165) is 11.3 Å². The molecule has 0 spiro atoms. The van der Waals surface area contributed by atoms with E-state index < -0.39 is 7.26 Å². The average Bonchev–Trinajstić information content (AvgIpc) is 2.56. The predicted octanol–water partition coefficient (Wildman–Crippen LogP) is 5.36. The second-order valence-electron chi connectivity index (χ2n) is 7.32. The molecule has 1 aromatic carbocycles. The first-order chi connectivity index (χ1) is 9.82. The van der Waals surface area contributed by atoms with Gasteiger partial charge in [0, 0.05) is 0 Å². The van der Waals surface area contributed by atoms with Gasteiger partial charge in [-0.05, 0) is 0 Å². The van der Waals surface area contributed by atoms with Crippen molar-refractivity contribution >= 4 is 12.6 Å². The number of hydrogen-bond acceptors (Lipinski definition) is 0. The van der Waals surface area contributed by atoms with Crippen LogP contribution in [0.25, 0.3) is 0 Å². The molecule has 0 nitrogen and oxygen atoms in total. The predicted molar refractivity (Wildman–Crippen MR) is 94.1 cm³/mol. The molecule has 112 valence electrons. The van der Waals surface area contributed by atoms with Gasteiger partial charge in [-0.1, -0.05) is 0 Å². The average molecular weight is 290 g/mol. The van der Waals surface area contributed by atoms with Crippen LogP contribution in [0.3, 0.4) is 0 Å². The van der Waals surface area contributed by atoms with Crippen molar-refractivity contribution in [2.24, 2.45) is 0 Å². The normalized spacial score (nSPS) is 23.6. The first kappa shape index (κ1) is 14.6. The van der Waals surface area contributed by atoms with Crippen LogP contribution in [0.5, 0.6) is 0 Å². The molecule has 1 heteroatoms. The molecule has 0 atom stereocenters. The van der Waals surface area contributed by atoms with E-state index in [1.165, 1.54) is 64.2 Å². The molecular formula is C19H31P. The third-order valence-electron chi connectivity index (χ3n) is 6.30. The van der Waals surface area contributed by atoms with Crippen molar-refractivity contribution in [1.82, 2.24) is 0 Å². The van der Waals surface area contributed by atoms with Crippen molar-refractivity contribution < 1.29 is 0 Å². The monoisotopic (exact) mass is 290 g/mol. The molecule has 2 aliphatic rings. The Bertz CT molecular complexity index is 381. The molecule has 0 aromatic heterocycles. The zero-order chi connectivity index (χ0) is 13.8. The van der Waals surface area contributed by atoms with Crippen molar-refractivity contribution in [2.75, 3.05) is 6.66 Å². The molecule has 0 radical (unpaired) electrons. The van der Waals surface area contributed by atoms with Gasteiger partial charge in [-0.25, -0.2) is 0 Å². The van der Waals surface area contributed by atoms with Crippen molar-refractivity contribution in [3.63, 3.8) is 0 Å². The molecule has 2 fully saturated rings. The van der Waals surface area contributed by atoms with Crippen LogP contribution >= 0.6 is 7.26 Å². The Labute approximate surface area is 125 Å². The first-order valence-corrected chi connectivity index (χ1v) is 11.5. The fourth-order valence-electron chi connectivity index (χ4n) is 5.01. The Morgan fingerprint density at radius 2 is 1.15 bits per heavy atom. The van der Waals surface area contributed by atoms with Crippen LogP contribution in [0.4, 0.5) is 0 Å². The third kappa shape index (κ3) is 2.82. The van der Waals surface area contributed by atoms with Crippen molar-refractivity contribution in [3.05, 3.63) is 30.3 Å². The van der Waals surface area contributed by atoms with Crippen LogP contribution in [0.1, 0.15) is 64.2 Å². The summed E-state index contributed by atoms with van der Waals surface area (Å²) in [5, 5.41) is 1.76. The minimum absolute atomic E-state index is 1.06. The van der Waals surface area contributed by atoms with Crippen LogP contribution in [0, 0.1) is 0 Å². The van der Waals surface area contributed by atoms with Gasteiger partial charge in [0.1, 0.15) is 0 Å². The topological polar surface area (TPSA) is 0 Å². The summed E-state index contributed by atoms with van der Waals surface area (Å²) in [6.45, 7) is 2.74. The van der Waals surface area contributed by atoms with Gasteiger partial charge in [0.15, 0.2) is 0 Å². The third-order valence-corrected chi connectivity index (χ3v) is 12.4. The van der Waals surface area contributed by atoms with Gasteiger partial charge in [0.2, 0.25) is 0 Å². The second-order valence-corrected chi connectivity index (χ2v) is 12.1. The standard InChI is InChI=1S/C19H31P/c1-20(17-11-5-2-6-12-17,18-13-7-3-8-14-18)19-15-9-4-10-16-19/h2,5-6,11-12,18-20H,3-4,7-10,13-16H2,1H3. The van der Waals surface area contributed by atoms with Crippen molar-refractivity contribution in [3.8, 4) is 0 Å². The van der Waals surface area contributed by atoms with E-state index in [-0.39, 0.29) is 0 Å². The molecule has 0 aliphatic heterocycles. The molecule has 0 saturated heterocycles. The van der Waals surface area contributed by atoms with E-state index in [1.54, 1.807) is 5.30 Å². The van der Waals surface area contributed by atoms with Gasteiger partial charge < -0.3 is 0 Å². The van der Waals surface area contributed by atoms with E-state index in [9.17, 15) is 0 Å². The van der Waals surface area contributed by atoms with E-state index in [1.807, 2.05) is 0 Å². The summed E-state index contributed by atoms with van der Waals surface area (Å²) < 4.78 is 0. The van der Waals surface area contributed by atoms with Gasteiger partial charge in [0.25, 0.3) is 0 Å². The van der Waals surface area contributed by atoms with Gasteiger partial charge in [0.05, 0.1) is 0 Å². The Hall–Kier alpha value is -0.350. The fraction of sp³-hybridized carbons (Fsp3) is 0.684. The summed E-state index contributed by atoms with van der Waals surface area (Å²) in [5.41, 5.74) is 2.11. The maximum atomic E-state index is 2.74. The molecule has 0 heterocycles. The molecule has 2 aliphatic carbocycles. The Morgan fingerprint density at radius 1 is 0.700 bits per heavy atom. The van der Waals surface area contributed by atoms with Crippen LogP contribution in [0.15, 0.2) is 30.3 Å². The SMILES string of the molecule is C[PH](c1ccccc1)(C1CCCCC1)C1CCCCC1. The second kappa shape index (κ2) is 6.61. The molecule has 1 aromatic rings. The molecule has 0 bridgehead atoms. The van der Waals surface area contributed by atoms with Gasteiger partial charge >= 0.3 is 125 Å². The number of hydrogen-bond donors (Lipinski definition) is 0. The van der Waals surface area contributed by atoms with Crippen LogP contribution < -0.4 is 5.30 Å². The summed E-state index contributed by atoms with van der Waals surface area (Å²) in [5.74, 6) is 0. The molecule has 0 amide bonds. The summed E-state index contributed by atoms with van der Waals surface area (Å²) in [6, 6.07) is 11.7. The Balaban J connectivity index is 1.92. The zero-order valence-corrected chi connectivity index (χ0v) is 14.1. The van der Waals surface area contributed by atoms with Crippen molar-refractivity contribution in [1.29, 1.82) is 0 Å². The van der Waals surface area contributed by atoms with Gasteiger partial charge in [-0.2, -0.15) is 0 Å². The maximum absolute atomic E-state index is 2.74. The Morgan fingerprint density at radius 3 is 1.60 bits per heavy atom. The van der Waals surface area contributed by atoms with Gasteiger partial charge in [-0.3, -0.25) is 0 Å². The minimum atomic E-state index is -1.32. The Kier molecular flexibility index (Phi) is 4.82. The van der Waals surface area contributed by atoms with Gasteiger partial charge in [-0.15, -0.1) is 0 Å². The van der Waals surface area contributed by atoms with E-state index in [0.29, 0.717) is 0 Å². The van der Waals surface area contributed by atoms with Crippen LogP contribution in [-0.4, -0.2) is 18.0 Å². The summed E-state index contributed by atoms with van der Waals surface area (Å²) in [6.07, 6.45) is 15.0. The van der Waals surface area contributed by atoms with Crippen LogP contribution in [0.2, 0.25) is 0 Å². The summed E-state index contributed by atoms with van der Waals surface area (Å²) in [7, 11) is -1.32. The molecule has 20 heavy (non-hydrogen) atoms.